The molecule has 0 spiro atoms. The Labute approximate surface area is 144 Å². The van der Waals surface area contributed by atoms with Crippen molar-refractivity contribution in [3.63, 3.8) is 0 Å². The van der Waals surface area contributed by atoms with Crippen LogP contribution >= 0.6 is 11.3 Å². The van der Waals surface area contributed by atoms with Crippen molar-refractivity contribution >= 4 is 34.5 Å². The van der Waals surface area contributed by atoms with Crippen molar-refractivity contribution in [1.82, 2.24) is 15.6 Å². The number of unbranched alkanes of at least 4 members (excludes halogenated alkanes) is 1. The maximum atomic E-state index is 11.8. The van der Waals surface area contributed by atoms with Crippen LogP contribution in [0.4, 0.5) is 5.13 Å². The lowest BCUT2D eigenvalue weighted by Crippen LogP contribution is -2.19. The van der Waals surface area contributed by atoms with Crippen LogP contribution in [0.1, 0.15) is 36.8 Å². The fraction of sp³-hybridized carbons (Fsp3) is 0.312. The van der Waals surface area contributed by atoms with Gasteiger partial charge in [0.25, 0.3) is 0 Å². The Morgan fingerprint density at radius 3 is 2.75 bits per heavy atom. The summed E-state index contributed by atoms with van der Waals surface area (Å²) in [6.45, 7) is 2.02. The summed E-state index contributed by atoms with van der Waals surface area (Å²) in [6, 6.07) is 9.45. The lowest BCUT2D eigenvalue weighted by molar-refractivity contribution is -0.120. The van der Waals surface area contributed by atoms with Crippen LogP contribution in [0.5, 0.6) is 0 Å². The van der Waals surface area contributed by atoms with Gasteiger partial charge in [0.2, 0.25) is 16.9 Å². The highest BCUT2D eigenvalue weighted by Crippen LogP contribution is 2.16. The SMILES string of the molecule is CCCCC(=O)Nc1nnc(CC(=O)N/N=C\c2ccccc2)s1. The molecule has 1 heterocycles. The van der Waals surface area contributed by atoms with E-state index in [0.29, 0.717) is 16.6 Å². The number of amides is 2. The molecule has 126 valence electrons. The quantitative estimate of drug-likeness (QED) is 0.567. The number of hydrogen-bond donors (Lipinski definition) is 2. The second-order valence-electron chi connectivity index (χ2n) is 5.03. The van der Waals surface area contributed by atoms with E-state index in [1.165, 1.54) is 11.3 Å². The number of nitrogens with one attached hydrogen (secondary N) is 2. The largest absolute Gasteiger partial charge is 0.301 e. The molecule has 0 aliphatic heterocycles. The molecule has 8 heteroatoms. The maximum absolute atomic E-state index is 11.8. The third-order valence-corrected chi connectivity index (χ3v) is 3.82. The number of carbonyl (C=O) groups excluding carboxylic acids is 2. The molecule has 24 heavy (non-hydrogen) atoms. The zero-order chi connectivity index (χ0) is 17.2. The van der Waals surface area contributed by atoms with Gasteiger partial charge in [-0.05, 0) is 12.0 Å². The van der Waals surface area contributed by atoms with E-state index in [4.69, 9.17) is 0 Å². The Morgan fingerprint density at radius 2 is 2.00 bits per heavy atom. The predicted molar refractivity (Wildman–Crippen MR) is 93.9 cm³/mol. The minimum absolute atomic E-state index is 0.0641. The number of anilines is 1. The summed E-state index contributed by atoms with van der Waals surface area (Å²) in [7, 11) is 0. The molecule has 2 amide bonds. The van der Waals surface area contributed by atoms with E-state index in [9.17, 15) is 9.59 Å². The first-order valence-corrected chi connectivity index (χ1v) is 8.48. The smallest absolute Gasteiger partial charge is 0.247 e. The Morgan fingerprint density at radius 1 is 1.21 bits per heavy atom. The van der Waals surface area contributed by atoms with E-state index < -0.39 is 0 Å². The first-order valence-electron chi connectivity index (χ1n) is 7.66. The molecule has 0 saturated carbocycles. The minimum Gasteiger partial charge on any atom is -0.301 e. The van der Waals surface area contributed by atoms with Crippen LogP contribution in [0.15, 0.2) is 35.4 Å². The first-order chi connectivity index (χ1) is 11.7. The van der Waals surface area contributed by atoms with Gasteiger partial charge in [-0.1, -0.05) is 55.0 Å². The average molecular weight is 345 g/mol. The van der Waals surface area contributed by atoms with Gasteiger partial charge in [-0.15, -0.1) is 10.2 Å². The van der Waals surface area contributed by atoms with Gasteiger partial charge in [0.1, 0.15) is 5.01 Å². The van der Waals surface area contributed by atoms with Gasteiger partial charge in [-0.3, -0.25) is 9.59 Å². The molecule has 0 fully saturated rings. The fourth-order valence-electron chi connectivity index (χ4n) is 1.79. The molecule has 2 N–H and O–H groups in total. The Hall–Kier alpha value is -2.61. The molecular weight excluding hydrogens is 326 g/mol. The summed E-state index contributed by atoms with van der Waals surface area (Å²) >= 11 is 1.19. The van der Waals surface area contributed by atoms with Gasteiger partial charge in [0, 0.05) is 6.42 Å². The second kappa shape index (κ2) is 9.51. The molecule has 0 radical (unpaired) electrons. The Kier molecular flexibility index (Phi) is 7.03. The molecule has 0 unspecified atom stereocenters. The number of nitrogens with zero attached hydrogens (tertiary/aromatic N) is 3. The summed E-state index contributed by atoms with van der Waals surface area (Å²) in [5, 5.41) is 15.3. The van der Waals surface area contributed by atoms with Crippen molar-refractivity contribution in [3.05, 3.63) is 40.9 Å². The fourth-order valence-corrected chi connectivity index (χ4v) is 2.54. The zero-order valence-electron chi connectivity index (χ0n) is 13.4. The average Bonchev–Trinajstić information content (AvgIpc) is 3.00. The lowest BCUT2D eigenvalue weighted by atomic mass is 10.2. The molecule has 2 aromatic rings. The number of aromatic nitrogens is 2. The van der Waals surface area contributed by atoms with E-state index >= 15 is 0 Å². The van der Waals surface area contributed by atoms with Crippen LogP contribution in [0, 0.1) is 0 Å². The molecule has 0 bridgehead atoms. The summed E-state index contributed by atoms with van der Waals surface area (Å²) in [6.07, 6.45) is 3.88. The van der Waals surface area contributed by atoms with E-state index in [-0.39, 0.29) is 18.2 Å². The Bertz CT molecular complexity index is 700. The van der Waals surface area contributed by atoms with Crippen LogP contribution in [0.25, 0.3) is 0 Å². The highest BCUT2D eigenvalue weighted by molar-refractivity contribution is 7.15. The molecule has 1 aromatic heterocycles. The van der Waals surface area contributed by atoms with Gasteiger partial charge in [-0.2, -0.15) is 5.10 Å². The van der Waals surface area contributed by atoms with Crippen molar-refractivity contribution in [2.45, 2.75) is 32.6 Å². The van der Waals surface area contributed by atoms with Crippen molar-refractivity contribution < 1.29 is 9.59 Å². The summed E-state index contributed by atoms with van der Waals surface area (Å²) in [5.74, 6) is -0.376. The highest BCUT2D eigenvalue weighted by Gasteiger charge is 2.10. The van der Waals surface area contributed by atoms with Gasteiger partial charge in [0.15, 0.2) is 0 Å². The number of carbonyl (C=O) groups is 2. The lowest BCUT2D eigenvalue weighted by Gasteiger charge is -1.98. The summed E-state index contributed by atoms with van der Waals surface area (Å²) in [5.41, 5.74) is 3.33. The third-order valence-electron chi connectivity index (χ3n) is 2.98. The molecule has 0 atom stereocenters. The van der Waals surface area contributed by atoms with Crippen LogP contribution < -0.4 is 10.7 Å². The van der Waals surface area contributed by atoms with E-state index in [2.05, 4.69) is 26.0 Å². The van der Waals surface area contributed by atoms with Crippen LogP contribution in [-0.4, -0.2) is 28.2 Å². The molecule has 0 aliphatic carbocycles. The van der Waals surface area contributed by atoms with Gasteiger partial charge in [0.05, 0.1) is 12.6 Å². The molecular formula is C16H19N5O2S. The molecule has 7 nitrogen and oxygen atoms in total. The topological polar surface area (TPSA) is 96.3 Å². The Balaban J connectivity index is 1.78. The van der Waals surface area contributed by atoms with Crippen molar-refractivity contribution in [2.24, 2.45) is 5.10 Å². The second-order valence-corrected chi connectivity index (χ2v) is 6.10. The molecule has 2 rings (SSSR count). The standard InChI is InChI=1S/C16H19N5O2S/c1-2-3-9-13(22)18-16-21-20-15(24-16)10-14(23)19-17-11-12-7-5-4-6-8-12/h4-8,11H,2-3,9-10H2,1H3,(H,19,23)(H,18,21,22)/b17-11-. The maximum Gasteiger partial charge on any atom is 0.247 e. The summed E-state index contributed by atoms with van der Waals surface area (Å²) in [4.78, 5) is 23.4. The van der Waals surface area contributed by atoms with Crippen molar-refractivity contribution in [3.8, 4) is 0 Å². The number of hydrazone groups is 1. The van der Waals surface area contributed by atoms with Gasteiger partial charge < -0.3 is 5.32 Å². The number of rotatable bonds is 8. The van der Waals surface area contributed by atoms with Crippen LogP contribution in [0.2, 0.25) is 0 Å². The van der Waals surface area contributed by atoms with Gasteiger partial charge >= 0.3 is 0 Å². The van der Waals surface area contributed by atoms with Crippen LogP contribution in [-0.2, 0) is 16.0 Å². The zero-order valence-corrected chi connectivity index (χ0v) is 14.2. The molecule has 0 saturated heterocycles. The molecule has 0 aliphatic rings. The van der Waals surface area contributed by atoms with Crippen molar-refractivity contribution in [2.75, 3.05) is 5.32 Å². The number of benzene rings is 1. The monoisotopic (exact) mass is 345 g/mol. The van der Waals surface area contributed by atoms with Crippen molar-refractivity contribution in [1.29, 1.82) is 0 Å². The van der Waals surface area contributed by atoms with E-state index in [1.807, 2.05) is 37.3 Å². The third kappa shape index (κ3) is 6.25. The number of hydrogen-bond acceptors (Lipinski definition) is 6. The first kappa shape index (κ1) is 17.7. The summed E-state index contributed by atoms with van der Waals surface area (Å²) < 4.78 is 0. The molecule has 1 aromatic carbocycles. The van der Waals surface area contributed by atoms with E-state index in [1.54, 1.807) is 6.21 Å². The highest BCUT2D eigenvalue weighted by atomic mass is 32.1. The van der Waals surface area contributed by atoms with Gasteiger partial charge in [-0.25, -0.2) is 5.43 Å². The normalized spacial score (nSPS) is 10.7. The predicted octanol–water partition coefficient (Wildman–Crippen LogP) is 2.36. The van der Waals surface area contributed by atoms with Crippen LogP contribution in [0.3, 0.4) is 0 Å². The minimum atomic E-state index is -0.290. The van der Waals surface area contributed by atoms with E-state index in [0.717, 1.165) is 18.4 Å².